The molecule has 1 heterocycles. The second-order valence-corrected chi connectivity index (χ2v) is 5.60. The predicted octanol–water partition coefficient (Wildman–Crippen LogP) is 3.69. The molecular weight excluding hydrogens is 238 g/mol. The number of hydrogen-bond donors (Lipinski definition) is 1. The number of rotatable bonds is 7. The molecular formula is C16H23NO2. The van der Waals surface area contributed by atoms with Crippen molar-refractivity contribution in [2.45, 2.75) is 51.4 Å². The zero-order valence-corrected chi connectivity index (χ0v) is 11.4. The quantitative estimate of drug-likeness (QED) is 0.762. The van der Waals surface area contributed by atoms with Gasteiger partial charge in [-0.2, -0.15) is 0 Å². The number of hydrogen-bond acceptors (Lipinski definition) is 2. The fourth-order valence-corrected chi connectivity index (χ4v) is 3.16. The average Bonchev–Trinajstić information content (AvgIpc) is 2.93. The largest absolute Gasteiger partial charge is 0.481 e. The van der Waals surface area contributed by atoms with Crippen LogP contribution in [0.25, 0.3) is 0 Å². The molecule has 1 aromatic heterocycles. The van der Waals surface area contributed by atoms with Crippen molar-refractivity contribution in [1.82, 2.24) is 4.98 Å². The van der Waals surface area contributed by atoms with Crippen molar-refractivity contribution in [3.8, 4) is 0 Å². The number of carboxylic acid groups (broad SMARTS) is 1. The summed E-state index contributed by atoms with van der Waals surface area (Å²) in [5.74, 6) is -0.277. The molecule has 0 aromatic carbocycles. The molecule has 1 aliphatic carbocycles. The summed E-state index contributed by atoms with van der Waals surface area (Å²) in [4.78, 5) is 15.4. The van der Waals surface area contributed by atoms with E-state index in [1.165, 1.54) is 18.4 Å². The van der Waals surface area contributed by atoms with E-state index in [0.717, 1.165) is 38.5 Å². The SMILES string of the molecule is O=C(O)C(CCCCc1cccnc1)C1CCCC1. The van der Waals surface area contributed by atoms with Crippen molar-refractivity contribution in [2.24, 2.45) is 11.8 Å². The summed E-state index contributed by atoms with van der Waals surface area (Å²) in [6, 6.07) is 4.03. The molecule has 3 nitrogen and oxygen atoms in total. The third-order valence-electron chi connectivity index (χ3n) is 4.24. The molecule has 0 aliphatic heterocycles. The van der Waals surface area contributed by atoms with Gasteiger partial charge in [0, 0.05) is 12.4 Å². The van der Waals surface area contributed by atoms with E-state index in [-0.39, 0.29) is 5.92 Å². The Morgan fingerprint density at radius 3 is 2.79 bits per heavy atom. The van der Waals surface area contributed by atoms with E-state index < -0.39 is 5.97 Å². The normalized spacial score (nSPS) is 17.5. The first kappa shape index (κ1) is 14.0. The highest BCUT2D eigenvalue weighted by atomic mass is 16.4. The summed E-state index contributed by atoms with van der Waals surface area (Å²) in [6.45, 7) is 0. The fourth-order valence-electron chi connectivity index (χ4n) is 3.16. The average molecular weight is 261 g/mol. The lowest BCUT2D eigenvalue weighted by molar-refractivity contribution is -0.144. The van der Waals surface area contributed by atoms with Crippen LogP contribution in [0.5, 0.6) is 0 Å². The first-order valence-electron chi connectivity index (χ1n) is 7.39. The lowest BCUT2D eigenvalue weighted by Crippen LogP contribution is -2.21. The number of pyridine rings is 1. The Kier molecular flexibility index (Phi) is 5.37. The molecule has 1 N–H and O–H groups in total. The smallest absolute Gasteiger partial charge is 0.306 e. The fraction of sp³-hybridized carbons (Fsp3) is 0.625. The van der Waals surface area contributed by atoms with E-state index in [9.17, 15) is 9.90 Å². The Bertz CT molecular complexity index is 385. The van der Waals surface area contributed by atoms with E-state index in [1.54, 1.807) is 6.20 Å². The number of nitrogens with zero attached hydrogens (tertiary/aromatic N) is 1. The molecule has 0 spiro atoms. The van der Waals surface area contributed by atoms with Crippen LogP contribution in [0.15, 0.2) is 24.5 Å². The van der Waals surface area contributed by atoms with Gasteiger partial charge in [-0.1, -0.05) is 25.3 Å². The molecule has 1 atom stereocenters. The Morgan fingerprint density at radius 1 is 1.37 bits per heavy atom. The number of carboxylic acids is 1. The maximum absolute atomic E-state index is 11.3. The second kappa shape index (κ2) is 7.27. The standard InChI is InChI=1S/C16H23NO2/c18-16(19)15(14-8-2-3-9-14)10-4-1-6-13-7-5-11-17-12-13/h5,7,11-12,14-15H,1-4,6,8-10H2,(H,18,19). The predicted molar refractivity (Wildman–Crippen MR) is 74.9 cm³/mol. The Morgan fingerprint density at radius 2 is 2.16 bits per heavy atom. The van der Waals surface area contributed by atoms with E-state index >= 15 is 0 Å². The lowest BCUT2D eigenvalue weighted by atomic mass is 9.86. The van der Waals surface area contributed by atoms with Gasteiger partial charge in [-0.25, -0.2) is 0 Å². The molecule has 2 rings (SSSR count). The summed E-state index contributed by atoms with van der Waals surface area (Å²) >= 11 is 0. The molecule has 0 radical (unpaired) electrons. The molecule has 0 bridgehead atoms. The minimum atomic E-state index is -0.590. The van der Waals surface area contributed by atoms with E-state index in [1.807, 2.05) is 12.3 Å². The van der Waals surface area contributed by atoms with Crippen LogP contribution < -0.4 is 0 Å². The van der Waals surface area contributed by atoms with Crippen molar-refractivity contribution in [1.29, 1.82) is 0 Å². The number of aryl methyl sites for hydroxylation is 1. The molecule has 19 heavy (non-hydrogen) atoms. The lowest BCUT2D eigenvalue weighted by Gasteiger charge is -2.18. The topological polar surface area (TPSA) is 50.2 Å². The zero-order chi connectivity index (χ0) is 13.5. The van der Waals surface area contributed by atoms with Crippen LogP contribution in [0.2, 0.25) is 0 Å². The van der Waals surface area contributed by atoms with Gasteiger partial charge in [0.1, 0.15) is 0 Å². The molecule has 1 aromatic rings. The number of aliphatic carboxylic acids is 1. The highest BCUT2D eigenvalue weighted by molar-refractivity contribution is 5.70. The van der Waals surface area contributed by atoms with Gasteiger partial charge in [0.25, 0.3) is 0 Å². The Balaban J connectivity index is 1.72. The van der Waals surface area contributed by atoms with Crippen LogP contribution in [0, 0.1) is 11.8 Å². The summed E-state index contributed by atoms with van der Waals surface area (Å²) in [5, 5.41) is 9.34. The molecule has 0 amide bonds. The van der Waals surface area contributed by atoms with Crippen LogP contribution in [0.3, 0.4) is 0 Å². The Hall–Kier alpha value is -1.38. The van der Waals surface area contributed by atoms with Gasteiger partial charge in [0.2, 0.25) is 0 Å². The monoisotopic (exact) mass is 261 g/mol. The van der Waals surface area contributed by atoms with Crippen molar-refractivity contribution in [3.05, 3.63) is 30.1 Å². The maximum Gasteiger partial charge on any atom is 0.306 e. The van der Waals surface area contributed by atoms with Crippen LogP contribution in [0.1, 0.15) is 50.5 Å². The summed E-state index contributed by atoms with van der Waals surface area (Å²) < 4.78 is 0. The molecule has 1 aliphatic rings. The molecule has 1 fully saturated rings. The number of unbranched alkanes of at least 4 members (excludes halogenated alkanes) is 1. The van der Waals surface area contributed by atoms with Gasteiger partial charge in [-0.3, -0.25) is 9.78 Å². The zero-order valence-electron chi connectivity index (χ0n) is 11.4. The van der Waals surface area contributed by atoms with E-state index in [2.05, 4.69) is 11.1 Å². The van der Waals surface area contributed by atoms with Gasteiger partial charge in [-0.15, -0.1) is 0 Å². The molecule has 0 saturated heterocycles. The van der Waals surface area contributed by atoms with Crippen molar-refractivity contribution in [3.63, 3.8) is 0 Å². The first-order valence-corrected chi connectivity index (χ1v) is 7.39. The molecule has 1 unspecified atom stereocenters. The van der Waals surface area contributed by atoms with Crippen molar-refractivity contribution < 1.29 is 9.90 Å². The van der Waals surface area contributed by atoms with E-state index in [0.29, 0.717) is 5.92 Å². The minimum Gasteiger partial charge on any atom is -0.481 e. The van der Waals surface area contributed by atoms with Gasteiger partial charge >= 0.3 is 5.97 Å². The first-order chi connectivity index (χ1) is 9.27. The molecule has 3 heteroatoms. The van der Waals surface area contributed by atoms with Crippen LogP contribution in [-0.4, -0.2) is 16.1 Å². The third kappa shape index (κ3) is 4.34. The van der Waals surface area contributed by atoms with Crippen molar-refractivity contribution >= 4 is 5.97 Å². The van der Waals surface area contributed by atoms with Crippen LogP contribution in [0.4, 0.5) is 0 Å². The number of carbonyl (C=O) groups is 1. The summed E-state index contributed by atoms with van der Waals surface area (Å²) in [7, 11) is 0. The Labute approximate surface area is 115 Å². The molecule has 104 valence electrons. The highest BCUT2D eigenvalue weighted by Gasteiger charge is 2.29. The minimum absolute atomic E-state index is 0.114. The summed E-state index contributed by atoms with van der Waals surface area (Å²) in [6.07, 6.45) is 12.2. The highest BCUT2D eigenvalue weighted by Crippen LogP contribution is 2.34. The van der Waals surface area contributed by atoms with Crippen LogP contribution >= 0.6 is 0 Å². The van der Waals surface area contributed by atoms with Gasteiger partial charge in [-0.05, 0) is 49.7 Å². The van der Waals surface area contributed by atoms with Gasteiger partial charge in [0.05, 0.1) is 5.92 Å². The third-order valence-corrected chi connectivity index (χ3v) is 4.24. The molecule has 1 saturated carbocycles. The van der Waals surface area contributed by atoms with Gasteiger partial charge < -0.3 is 5.11 Å². The van der Waals surface area contributed by atoms with E-state index in [4.69, 9.17) is 0 Å². The maximum atomic E-state index is 11.3. The number of aromatic nitrogens is 1. The van der Waals surface area contributed by atoms with Crippen molar-refractivity contribution in [2.75, 3.05) is 0 Å². The summed E-state index contributed by atoms with van der Waals surface area (Å²) in [5.41, 5.74) is 1.25. The second-order valence-electron chi connectivity index (χ2n) is 5.60. The van der Waals surface area contributed by atoms with Gasteiger partial charge in [0.15, 0.2) is 0 Å². The van der Waals surface area contributed by atoms with Crippen LogP contribution in [-0.2, 0) is 11.2 Å².